The maximum Gasteiger partial charge on any atom is 0.329 e. The Morgan fingerprint density at radius 3 is 2.42 bits per heavy atom. The van der Waals surface area contributed by atoms with Crippen molar-refractivity contribution in [2.45, 2.75) is 32.4 Å². The Balaban J connectivity index is 2.60. The largest absolute Gasteiger partial charge is 0.451 e. The summed E-state index contributed by atoms with van der Waals surface area (Å²) in [5.41, 5.74) is 6.75. The van der Waals surface area contributed by atoms with E-state index >= 15 is 0 Å². The number of thioether (sulfide) groups is 1. The number of carbonyl (C=O) groups excluding carboxylic acids is 3. The molecule has 0 heterocycles. The number of carbonyl (C=O) groups is 3. The monoisotopic (exact) mass is 353 g/mol. The molecule has 132 valence electrons. The van der Waals surface area contributed by atoms with Crippen molar-refractivity contribution in [1.29, 1.82) is 0 Å². The van der Waals surface area contributed by atoms with E-state index < -0.39 is 30.1 Å². The zero-order valence-electron chi connectivity index (χ0n) is 14.0. The first kappa shape index (κ1) is 19.8. The van der Waals surface area contributed by atoms with Crippen molar-refractivity contribution in [3.63, 3.8) is 0 Å². The first-order valence-corrected chi connectivity index (χ1v) is 8.85. The Bertz CT molecular complexity index is 577. The van der Waals surface area contributed by atoms with E-state index in [2.05, 4.69) is 10.6 Å². The summed E-state index contributed by atoms with van der Waals surface area (Å²) in [5.74, 6) is -0.492. The van der Waals surface area contributed by atoms with Crippen LogP contribution in [-0.4, -0.2) is 42.1 Å². The normalized spacial score (nSPS) is 12.8. The Labute approximate surface area is 145 Å². The summed E-state index contributed by atoms with van der Waals surface area (Å²) in [6.45, 7) is 3.41. The van der Waals surface area contributed by atoms with E-state index in [9.17, 15) is 14.4 Å². The van der Waals surface area contributed by atoms with Crippen molar-refractivity contribution >= 4 is 35.4 Å². The lowest BCUT2D eigenvalue weighted by molar-refractivity contribution is -0.155. The van der Waals surface area contributed by atoms with Gasteiger partial charge in [0.2, 0.25) is 0 Å². The minimum Gasteiger partial charge on any atom is -0.451 e. The Hall–Kier alpha value is -2.22. The predicted molar refractivity (Wildman–Crippen MR) is 94.9 cm³/mol. The standard InChI is InChI=1S/C16H23N3O4S/c1-10-4-6-12(7-5-10)18-14(20)11(2)23-15(21)13(8-9-24-3)19-16(17)22/h4-7,11,13H,8-9H2,1-3H3,(H,18,20)(H3,17,19,22)/t11-,13+/m0/s1. The highest BCUT2D eigenvalue weighted by molar-refractivity contribution is 7.98. The van der Waals surface area contributed by atoms with Crippen LogP contribution in [0.4, 0.5) is 10.5 Å². The lowest BCUT2D eigenvalue weighted by atomic mass is 10.2. The summed E-state index contributed by atoms with van der Waals surface area (Å²) in [5, 5.41) is 5.00. The van der Waals surface area contributed by atoms with Crippen molar-refractivity contribution in [3.05, 3.63) is 29.8 Å². The topological polar surface area (TPSA) is 111 Å². The van der Waals surface area contributed by atoms with Crippen molar-refractivity contribution in [2.75, 3.05) is 17.3 Å². The zero-order chi connectivity index (χ0) is 18.1. The van der Waals surface area contributed by atoms with Crippen LogP contribution in [-0.2, 0) is 14.3 Å². The van der Waals surface area contributed by atoms with Gasteiger partial charge in [-0.05, 0) is 44.4 Å². The number of urea groups is 1. The molecule has 4 N–H and O–H groups in total. The van der Waals surface area contributed by atoms with Gasteiger partial charge < -0.3 is 21.1 Å². The smallest absolute Gasteiger partial charge is 0.329 e. The van der Waals surface area contributed by atoms with Crippen LogP contribution in [0.15, 0.2) is 24.3 Å². The Morgan fingerprint density at radius 2 is 1.88 bits per heavy atom. The van der Waals surface area contributed by atoms with Crippen LogP contribution in [0.1, 0.15) is 18.9 Å². The number of ether oxygens (including phenoxy) is 1. The summed E-state index contributed by atoms with van der Waals surface area (Å²) >= 11 is 1.52. The minimum atomic E-state index is -0.995. The number of primary amides is 1. The van der Waals surface area contributed by atoms with Gasteiger partial charge in [0, 0.05) is 5.69 Å². The molecular weight excluding hydrogens is 330 g/mol. The molecule has 0 bridgehead atoms. The quantitative estimate of drug-likeness (QED) is 0.616. The van der Waals surface area contributed by atoms with Gasteiger partial charge in [0.25, 0.3) is 5.91 Å². The fourth-order valence-corrected chi connectivity index (χ4v) is 2.32. The van der Waals surface area contributed by atoms with E-state index in [0.29, 0.717) is 17.9 Å². The number of amides is 3. The second-order valence-corrected chi connectivity index (χ2v) is 6.26. The van der Waals surface area contributed by atoms with Crippen LogP contribution < -0.4 is 16.4 Å². The second-order valence-electron chi connectivity index (χ2n) is 5.28. The number of aryl methyl sites for hydroxylation is 1. The molecule has 24 heavy (non-hydrogen) atoms. The lowest BCUT2D eigenvalue weighted by Gasteiger charge is -2.19. The van der Waals surface area contributed by atoms with Gasteiger partial charge in [0.1, 0.15) is 6.04 Å². The summed E-state index contributed by atoms with van der Waals surface area (Å²) in [6.07, 6.45) is 1.25. The van der Waals surface area contributed by atoms with Gasteiger partial charge in [-0.2, -0.15) is 11.8 Å². The van der Waals surface area contributed by atoms with Gasteiger partial charge in [0.05, 0.1) is 0 Å². The van der Waals surface area contributed by atoms with Crippen molar-refractivity contribution in [2.24, 2.45) is 5.73 Å². The second kappa shape index (κ2) is 9.82. The summed E-state index contributed by atoms with van der Waals surface area (Å²) < 4.78 is 5.14. The van der Waals surface area contributed by atoms with E-state index in [4.69, 9.17) is 10.5 Å². The fourth-order valence-electron chi connectivity index (χ4n) is 1.85. The average molecular weight is 353 g/mol. The van der Waals surface area contributed by atoms with Crippen LogP contribution in [0, 0.1) is 6.92 Å². The van der Waals surface area contributed by atoms with Crippen molar-refractivity contribution in [3.8, 4) is 0 Å². The van der Waals surface area contributed by atoms with Gasteiger partial charge in [-0.15, -0.1) is 0 Å². The molecule has 0 saturated heterocycles. The van der Waals surface area contributed by atoms with Crippen molar-refractivity contribution in [1.82, 2.24) is 5.32 Å². The van der Waals surface area contributed by atoms with E-state index in [1.165, 1.54) is 18.7 Å². The summed E-state index contributed by atoms with van der Waals surface area (Å²) in [6, 6.07) is 5.57. The summed E-state index contributed by atoms with van der Waals surface area (Å²) in [7, 11) is 0. The average Bonchev–Trinajstić information content (AvgIpc) is 2.53. The number of hydrogen-bond acceptors (Lipinski definition) is 5. The molecule has 7 nitrogen and oxygen atoms in total. The number of nitrogens with one attached hydrogen (secondary N) is 2. The molecule has 1 aromatic rings. The highest BCUT2D eigenvalue weighted by atomic mass is 32.2. The first-order chi connectivity index (χ1) is 11.3. The summed E-state index contributed by atoms with van der Waals surface area (Å²) in [4.78, 5) is 35.2. The number of rotatable bonds is 8. The molecule has 0 aliphatic carbocycles. The van der Waals surface area contributed by atoms with Gasteiger partial charge in [0.15, 0.2) is 6.10 Å². The highest BCUT2D eigenvalue weighted by Crippen LogP contribution is 2.10. The molecule has 0 aliphatic heterocycles. The molecule has 0 fully saturated rings. The number of esters is 1. The van der Waals surface area contributed by atoms with Crippen LogP contribution in [0.3, 0.4) is 0 Å². The van der Waals surface area contributed by atoms with Crippen molar-refractivity contribution < 1.29 is 19.1 Å². The zero-order valence-corrected chi connectivity index (χ0v) is 14.8. The molecule has 2 atom stereocenters. The van der Waals surface area contributed by atoms with Gasteiger partial charge >= 0.3 is 12.0 Å². The van der Waals surface area contributed by atoms with Gasteiger partial charge in [-0.3, -0.25) is 4.79 Å². The van der Waals surface area contributed by atoms with E-state index in [0.717, 1.165) is 5.56 Å². The molecule has 0 aliphatic rings. The number of hydrogen-bond donors (Lipinski definition) is 3. The van der Waals surface area contributed by atoms with Gasteiger partial charge in [-0.25, -0.2) is 9.59 Å². The first-order valence-electron chi connectivity index (χ1n) is 7.46. The third-order valence-electron chi connectivity index (χ3n) is 3.19. The van der Waals surface area contributed by atoms with E-state index in [1.54, 1.807) is 12.1 Å². The molecule has 0 unspecified atom stereocenters. The Morgan fingerprint density at radius 1 is 1.25 bits per heavy atom. The molecule has 3 amide bonds. The molecular formula is C16H23N3O4S. The molecule has 8 heteroatoms. The van der Waals surface area contributed by atoms with Crippen LogP contribution in [0.2, 0.25) is 0 Å². The van der Waals surface area contributed by atoms with Crippen LogP contribution in [0.5, 0.6) is 0 Å². The van der Waals surface area contributed by atoms with Crippen LogP contribution in [0.25, 0.3) is 0 Å². The predicted octanol–water partition coefficient (Wildman–Crippen LogP) is 1.66. The number of benzene rings is 1. The third kappa shape index (κ3) is 6.91. The molecule has 0 radical (unpaired) electrons. The fraction of sp³-hybridized carbons (Fsp3) is 0.438. The van der Waals surface area contributed by atoms with Crippen LogP contribution >= 0.6 is 11.8 Å². The molecule has 1 aromatic carbocycles. The molecule has 1 rings (SSSR count). The molecule has 0 aromatic heterocycles. The van der Waals surface area contributed by atoms with E-state index in [-0.39, 0.29) is 0 Å². The number of nitrogens with two attached hydrogens (primary N) is 1. The van der Waals surface area contributed by atoms with E-state index in [1.807, 2.05) is 25.3 Å². The Kier molecular flexibility index (Phi) is 8.11. The molecule has 0 saturated carbocycles. The van der Waals surface area contributed by atoms with Gasteiger partial charge in [-0.1, -0.05) is 17.7 Å². The minimum absolute atomic E-state index is 0.370. The molecule has 0 spiro atoms. The highest BCUT2D eigenvalue weighted by Gasteiger charge is 2.25. The maximum atomic E-state index is 12.1. The SMILES string of the molecule is CSCC[C@@H](NC(N)=O)C(=O)O[C@@H](C)C(=O)Nc1ccc(C)cc1. The maximum absolute atomic E-state index is 12.1. The number of anilines is 1. The third-order valence-corrected chi connectivity index (χ3v) is 3.84. The lowest BCUT2D eigenvalue weighted by Crippen LogP contribution is -2.46.